The fraction of sp³-hybridized carbons (Fsp3) is 0.250. The molecule has 2 rings (SSSR count). The number of benzene rings is 1. The minimum atomic E-state index is -3.98. The number of hydrogen-bond acceptors (Lipinski definition) is 6. The molecule has 0 fully saturated rings. The third-order valence-corrected chi connectivity index (χ3v) is 4.27. The standard InChI is InChI=1S/C16H19N3O5S/c1-3-23-14-9-8-12(11-15(14)24-4-2)25(21,22)19-18-16(20)13-7-5-6-10-17-13/h5-11,19H,3-4H2,1-2H3,(H,18,20). The van der Waals surface area contributed by atoms with Crippen LogP contribution >= 0.6 is 0 Å². The van der Waals surface area contributed by atoms with Gasteiger partial charge in [-0.05, 0) is 38.1 Å². The molecule has 2 aromatic rings. The molecule has 1 aromatic heterocycles. The van der Waals surface area contributed by atoms with E-state index in [0.717, 1.165) is 0 Å². The Morgan fingerprint density at radius 1 is 1.08 bits per heavy atom. The topological polar surface area (TPSA) is 107 Å². The van der Waals surface area contributed by atoms with Gasteiger partial charge in [-0.2, -0.15) is 0 Å². The van der Waals surface area contributed by atoms with E-state index in [0.29, 0.717) is 24.7 Å². The summed E-state index contributed by atoms with van der Waals surface area (Å²) in [5, 5.41) is 0. The minimum Gasteiger partial charge on any atom is -0.490 e. The van der Waals surface area contributed by atoms with Crippen molar-refractivity contribution in [2.24, 2.45) is 0 Å². The first-order chi connectivity index (χ1) is 12.0. The van der Waals surface area contributed by atoms with Gasteiger partial charge < -0.3 is 9.47 Å². The van der Waals surface area contributed by atoms with Gasteiger partial charge in [0.2, 0.25) is 0 Å². The predicted octanol–water partition coefficient (Wildman–Crippen LogP) is 1.50. The van der Waals surface area contributed by atoms with Crippen molar-refractivity contribution in [2.75, 3.05) is 13.2 Å². The van der Waals surface area contributed by atoms with Gasteiger partial charge >= 0.3 is 0 Å². The molecule has 0 atom stereocenters. The number of aromatic nitrogens is 1. The lowest BCUT2D eigenvalue weighted by Gasteiger charge is -2.13. The van der Waals surface area contributed by atoms with Crippen molar-refractivity contribution in [1.29, 1.82) is 0 Å². The van der Waals surface area contributed by atoms with Gasteiger partial charge in [-0.1, -0.05) is 6.07 Å². The average molecular weight is 365 g/mol. The third kappa shape index (κ3) is 4.91. The highest BCUT2D eigenvalue weighted by Crippen LogP contribution is 2.30. The van der Waals surface area contributed by atoms with E-state index in [9.17, 15) is 13.2 Å². The van der Waals surface area contributed by atoms with Crippen molar-refractivity contribution < 1.29 is 22.7 Å². The van der Waals surface area contributed by atoms with Crippen molar-refractivity contribution in [3.05, 3.63) is 48.3 Å². The third-order valence-electron chi connectivity index (χ3n) is 3.02. The first-order valence-corrected chi connectivity index (χ1v) is 9.09. The second kappa shape index (κ2) is 8.45. The van der Waals surface area contributed by atoms with Gasteiger partial charge in [0.15, 0.2) is 11.5 Å². The maximum atomic E-state index is 12.4. The summed E-state index contributed by atoms with van der Waals surface area (Å²) >= 11 is 0. The lowest BCUT2D eigenvalue weighted by Crippen LogP contribution is -2.41. The van der Waals surface area contributed by atoms with E-state index in [1.54, 1.807) is 19.1 Å². The van der Waals surface area contributed by atoms with Crippen LogP contribution in [0.25, 0.3) is 0 Å². The molecule has 25 heavy (non-hydrogen) atoms. The highest BCUT2D eigenvalue weighted by atomic mass is 32.2. The average Bonchev–Trinajstić information content (AvgIpc) is 2.62. The van der Waals surface area contributed by atoms with Crippen LogP contribution in [-0.2, 0) is 10.0 Å². The highest BCUT2D eigenvalue weighted by molar-refractivity contribution is 7.89. The van der Waals surface area contributed by atoms with E-state index in [2.05, 4.69) is 10.4 Å². The fourth-order valence-corrected chi connectivity index (χ4v) is 2.79. The Hall–Kier alpha value is -2.65. The number of nitrogens with one attached hydrogen (secondary N) is 2. The zero-order valence-corrected chi connectivity index (χ0v) is 14.7. The molecular weight excluding hydrogens is 346 g/mol. The van der Waals surface area contributed by atoms with E-state index in [1.807, 2.05) is 11.8 Å². The lowest BCUT2D eigenvalue weighted by atomic mass is 10.3. The zero-order valence-electron chi connectivity index (χ0n) is 13.9. The van der Waals surface area contributed by atoms with Crippen molar-refractivity contribution >= 4 is 15.9 Å². The highest BCUT2D eigenvalue weighted by Gasteiger charge is 2.19. The number of hydrazine groups is 1. The van der Waals surface area contributed by atoms with Gasteiger partial charge in [0.25, 0.3) is 15.9 Å². The van der Waals surface area contributed by atoms with Gasteiger partial charge in [0.05, 0.1) is 18.1 Å². The Morgan fingerprint density at radius 3 is 2.44 bits per heavy atom. The van der Waals surface area contributed by atoms with E-state index in [4.69, 9.17) is 9.47 Å². The summed E-state index contributed by atoms with van der Waals surface area (Å²) in [6.45, 7) is 4.37. The number of sulfonamides is 1. The van der Waals surface area contributed by atoms with Gasteiger partial charge in [-0.3, -0.25) is 15.2 Å². The Kier molecular flexibility index (Phi) is 6.31. The molecule has 1 amide bonds. The summed E-state index contributed by atoms with van der Waals surface area (Å²) in [4.78, 5) is 17.7. The number of amides is 1. The molecule has 0 radical (unpaired) electrons. The Bertz CT molecular complexity index is 825. The SMILES string of the molecule is CCOc1ccc(S(=O)(=O)NNC(=O)c2ccccn2)cc1OCC. The van der Waals surface area contributed by atoms with Crippen LogP contribution < -0.4 is 19.7 Å². The number of carbonyl (C=O) groups excluding carboxylic acids is 1. The van der Waals surface area contributed by atoms with Crippen LogP contribution in [0.15, 0.2) is 47.5 Å². The normalized spacial score (nSPS) is 11.0. The van der Waals surface area contributed by atoms with Crippen molar-refractivity contribution in [3.8, 4) is 11.5 Å². The van der Waals surface area contributed by atoms with Gasteiger partial charge in [0, 0.05) is 12.3 Å². The molecule has 134 valence electrons. The molecule has 9 heteroatoms. The first kappa shape index (κ1) is 18.7. The molecule has 0 aliphatic heterocycles. The molecule has 0 saturated carbocycles. The van der Waals surface area contributed by atoms with E-state index in [-0.39, 0.29) is 10.6 Å². The quantitative estimate of drug-likeness (QED) is 0.687. The summed E-state index contributed by atoms with van der Waals surface area (Å²) in [6, 6.07) is 8.94. The first-order valence-electron chi connectivity index (χ1n) is 7.60. The molecule has 2 N–H and O–H groups in total. The van der Waals surface area contributed by atoms with Crippen LogP contribution in [0.4, 0.5) is 0 Å². The molecule has 0 spiro atoms. The van der Waals surface area contributed by atoms with Crippen LogP contribution in [0.2, 0.25) is 0 Å². The molecule has 0 bridgehead atoms. The lowest BCUT2D eigenvalue weighted by molar-refractivity contribution is 0.0940. The smallest absolute Gasteiger partial charge is 0.284 e. The Labute approximate surface area is 146 Å². The fourth-order valence-electron chi connectivity index (χ4n) is 1.93. The van der Waals surface area contributed by atoms with Crippen LogP contribution in [0.5, 0.6) is 11.5 Å². The number of ether oxygens (including phenoxy) is 2. The summed E-state index contributed by atoms with van der Waals surface area (Å²) in [6.07, 6.45) is 1.43. The van der Waals surface area contributed by atoms with E-state index < -0.39 is 15.9 Å². The summed E-state index contributed by atoms with van der Waals surface area (Å²) in [7, 11) is -3.98. The number of pyridine rings is 1. The summed E-state index contributed by atoms with van der Waals surface area (Å²) in [5.41, 5.74) is 2.21. The number of hydrogen-bond donors (Lipinski definition) is 2. The second-order valence-electron chi connectivity index (χ2n) is 4.75. The van der Waals surface area contributed by atoms with Gasteiger partial charge in [-0.15, -0.1) is 4.83 Å². The Morgan fingerprint density at radius 2 is 1.80 bits per heavy atom. The zero-order chi connectivity index (χ0) is 18.3. The van der Waals surface area contributed by atoms with Crippen molar-refractivity contribution in [3.63, 3.8) is 0 Å². The van der Waals surface area contributed by atoms with Crippen LogP contribution in [0.1, 0.15) is 24.3 Å². The molecule has 1 heterocycles. The number of nitrogens with zero attached hydrogens (tertiary/aromatic N) is 1. The Balaban J connectivity index is 2.15. The van der Waals surface area contributed by atoms with Crippen molar-refractivity contribution in [2.45, 2.75) is 18.7 Å². The van der Waals surface area contributed by atoms with Gasteiger partial charge in [-0.25, -0.2) is 8.42 Å². The van der Waals surface area contributed by atoms with E-state index in [1.165, 1.54) is 30.5 Å². The van der Waals surface area contributed by atoms with Gasteiger partial charge in [0.1, 0.15) is 5.69 Å². The molecular formula is C16H19N3O5S. The molecule has 0 unspecified atom stereocenters. The summed E-state index contributed by atoms with van der Waals surface area (Å²) in [5.74, 6) is 0.0873. The van der Waals surface area contributed by atoms with E-state index >= 15 is 0 Å². The number of carbonyl (C=O) groups is 1. The minimum absolute atomic E-state index is 0.0688. The summed E-state index contributed by atoms with van der Waals surface area (Å²) < 4.78 is 35.5. The maximum absolute atomic E-state index is 12.4. The van der Waals surface area contributed by atoms with Crippen LogP contribution in [0, 0.1) is 0 Å². The van der Waals surface area contributed by atoms with Crippen LogP contribution in [0.3, 0.4) is 0 Å². The van der Waals surface area contributed by atoms with Crippen LogP contribution in [-0.4, -0.2) is 32.5 Å². The largest absolute Gasteiger partial charge is 0.490 e. The monoisotopic (exact) mass is 365 g/mol. The molecule has 0 saturated heterocycles. The second-order valence-corrected chi connectivity index (χ2v) is 6.43. The molecule has 8 nitrogen and oxygen atoms in total. The van der Waals surface area contributed by atoms with Crippen molar-refractivity contribution in [1.82, 2.24) is 15.2 Å². The number of rotatable bonds is 8. The predicted molar refractivity (Wildman–Crippen MR) is 90.8 cm³/mol. The molecule has 1 aromatic carbocycles. The molecule has 0 aliphatic rings. The maximum Gasteiger partial charge on any atom is 0.284 e. The molecule has 0 aliphatic carbocycles.